The zero-order valence-corrected chi connectivity index (χ0v) is 19.9. The van der Waals surface area contributed by atoms with Crippen LogP contribution in [0.3, 0.4) is 0 Å². The Bertz CT molecular complexity index is 1500. The molecule has 3 aromatic carbocycles. The van der Waals surface area contributed by atoms with Gasteiger partial charge in [-0.3, -0.25) is 9.36 Å². The fourth-order valence-corrected chi connectivity index (χ4v) is 4.30. The Labute approximate surface area is 203 Å². The molecule has 6 nitrogen and oxygen atoms in total. The molecule has 0 saturated carbocycles. The number of carbonyl (C=O) groups is 1. The van der Waals surface area contributed by atoms with Crippen molar-refractivity contribution in [3.8, 4) is 5.69 Å². The molecule has 35 heavy (non-hydrogen) atoms. The molecule has 0 bridgehead atoms. The third-order valence-electron chi connectivity index (χ3n) is 6.00. The van der Waals surface area contributed by atoms with Crippen molar-refractivity contribution in [2.45, 2.75) is 33.2 Å². The van der Waals surface area contributed by atoms with Gasteiger partial charge < -0.3 is 9.88 Å². The summed E-state index contributed by atoms with van der Waals surface area (Å²) in [5, 5.41) is 2.97. The first kappa shape index (κ1) is 22.5. The number of benzene rings is 3. The molecule has 0 spiro atoms. The summed E-state index contributed by atoms with van der Waals surface area (Å²) >= 11 is 0. The van der Waals surface area contributed by atoms with E-state index in [-0.39, 0.29) is 11.7 Å². The molecule has 0 unspecified atom stereocenters. The van der Waals surface area contributed by atoms with Crippen LogP contribution < -0.4 is 5.32 Å². The smallest absolute Gasteiger partial charge is 0.255 e. The van der Waals surface area contributed by atoms with Crippen molar-refractivity contribution < 1.29 is 9.18 Å². The first-order valence-electron chi connectivity index (χ1n) is 11.6. The first-order valence-corrected chi connectivity index (χ1v) is 11.6. The molecule has 0 aliphatic carbocycles. The van der Waals surface area contributed by atoms with E-state index in [1.807, 2.05) is 60.3 Å². The van der Waals surface area contributed by atoms with Crippen LogP contribution in [0.5, 0.6) is 0 Å². The number of amides is 1. The Morgan fingerprint density at radius 1 is 1.03 bits per heavy atom. The van der Waals surface area contributed by atoms with E-state index in [1.165, 1.54) is 12.1 Å². The van der Waals surface area contributed by atoms with E-state index in [9.17, 15) is 9.18 Å². The van der Waals surface area contributed by atoms with E-state index in [2.05, 4.69) is 33.7 Å². The fourth-order valence-electron chi connectivity index (χ4n) is 4.30. The number of hydrogen-bond acceptors (Lipinski definition) is 3. The number of rotatable bonds is 6. The molecule has 0 radical (unpaired) electrons. The second-order valence-electron chi connectivity index (χ2n) is 8.89. The maximum atomic E-state index is 13.4. The van der Waals surface area contributed by atoms with Crippen molar-refractivity contribution in [3.05, 3.63) is 108 Å². The van der Waals surface area contributed by atoms with Gasteiger partial charge in [0.2, 0.25) is 0 Å². The number of anilines is 1. The van der Waals surface area contributed by atoms with Crippen LogP contribution in [0.2, 0.25) is 0 Å². The predicted molar refractivity (Wildman–Crippen MR) is 136 cm³/mol. The number of fused-ring (bicyclic) bond motifs is 1. The van der Waals surface area contributed by atoms with Gasteiger partial charge in [-0.25, -0.2) is 14.4 Å². The quantitative estimate of drug-likeness (QED) is 0.328. The van der Waals surface area contributed by atoms with Crippen LogP contribution in [-0.4, -0.2) is 25.0 Å². The number of nitrogens with one attached hydrogen (secondary N) is 1. The summed E-state index contributed by atoms with van der Waals surface area (Å²) in [5.74, 6) is 1.66. The van der Waals surface area contributed by atoms with Crippen molar-refractivity contribution in [2.24, 2.45) is 0 Å². The van der Waals surface area contributed by atoms with Crippen molar-refractivity contribution in [1.29, 1.82) is 0 Å². The summed E-state index contributed by atoms with van der Waals surface area (Å²) in [6, 6.07) is 19.5. The van der Waals surface area contributed by atoms with Crippen LogP contribution in [0.4, 0.5) is 10.1 Å². The molecule has 0 fully saturated rings. The Kier molecular flexibility index (Phi) is 5.91. The SMILES string of the molecule is Cc1nc2ccc(C(=O)Nc3ccc(Cn4ccnc4C(C)C)cc3)cc2n1-c1ccc(F)cc1. The average molecular weight is 468 g/mol. The highest BCUT2D eigenvalue weighted by molar-refractivity contribution is 6.06. The Morgan fingerprint density at radius 2 is 1.77 bits per heavy atom. The van der Waals surface area contributed by atoms with Crippen LogP contribution in [-0.2, 0) is 6.54 Å². The molecule has 2 aromatic heterocycles. The van der Waals surface area contributed by atoms with Crippen LogP contribution in [0.15, 0.2) is 79.1 Å². The number of aromatic nitrogens is 4. The molecule has 5 aromatic rings. The number of imidazole rings is 2. The molecule has 0 saturated heterocycles. The summed E-state index contributed by atoms with van der Waals surface area (Å²) in [6.07, 6.45) is 3.81. The lowest BCUT2D eigenvalue weighted by atomic mass is 10.1. The fraction of sp³-hybridized carbons (Fsp3) is 0.179. The van der Waals surface area contributed by atoms with Gasteiger partial charge in [0.1, 0.15) is 17.5 Å². The van der Waals surface area contributed by atoms with Gasteiger partial charge >= 0.3 is 0 Å². The molecular weight excluding hydrogens is 441 g/mol. The van der Waals surface area contributed by atoms with E-state index >= 15 is 0 Å². The van der Waals surface area contributed by atoms with Gasteiger partial charge in [0, 0.05) is 41.8 Å². The summed E-state index contributed by atoms with van der Waals surface area (Å²) in [6.45, 7) is 6.87. The molecule has 5 rings (SSSR count). The normalized spacial score (nSPS) is 11.3. The van der Waals surface area contributed by atoms with Crippen molar-refractivity contribution >= 4 is 22.6 Å². The molecular formula is C28H26FN5O. The zero-order valence-electron chi connectivity index (χ0n) is 19.9. The van der Waals surface area contributed by atoms with E-state index in [0.717, 1.165) is 46.2 Å². The van der Waals surface area contributed by atoms with Crippen LogP contribution in [0, 0.1) is 12.7 Å². The van der Waals surface area contributed by atoms with Crippen molar-refractivity contribution in [3.63, 3.8) is 0 Å². The minimum atomic E-state index is -0.299. The topological polar surface area (TPSA) is 64.7 Å². The molecule has 1 amide bonds. The number of nitrogens with zero attached hydrogens (tertiary/aromatic N) is 4. The zero-order chi connectivity index (χ0) is 24.5. The monoisotopic (exact) mass is 467 g/mol. The number of aryl methyl sites for hydroxylation is 1. The van der Waals surface area contributed by atoms with E-state index in [1.54, 1.807) is 18.2 Å². The van der Waals surface area contributed by atoms with Crippen molar-refractivity contribution in [2.75, 3.05) is 5.32 Å². The van der Waals surface area contributed by atoms with Crippen LogP contribution in [0.1, 0.15) is 47.3 Å². The molecule has 0 aliphatic heterocycles. The highest BCUT2D eigenvalue weighted by Gasteiger charge is 2.14. The molecule has 7 heteroatoms. The standard InChI is InChI=1S/C28H26FN5O/c1-18(2)27-30-14-15-33(27)17-20-4-9-23(10-5-20)32-28(35)21-6-13-25-26(16-21)34(19(3)31-25)24-11-7-22(29)8-12-24/h4-16,18H,17H2,1-3H3,(H,32,35). The minimum absolute atomic E-state index is 0.208. The largest absolute Gasteiger partial charge is 0.330 e. The van der Waals surface area contributed by atoms with Crippen molar-refractivity contribution in [1.82, 2.24) is 19.1 Å². The van der Waals surface area contributed by atoms with Gasteiger partial charge in [-0.05, 0) is 67.1 Å². The van der Waals surface area contributed by atoms with Crippen LogP contribution >= 0.6 is 0 Å². The maximum Gasteiger partial charge on any atom is 0.255 e. The highest BCUT2D eigenvalue weighted by atomic mass is 19.1. The Balaban J connectivity index is 1.35. The summed E-state index contributed by atoms with van der Waals surface area (Å²) in [7, 11) is 0. The van der Waals surface area contributed by atoms with Crippen LogP contribution in [0.25, 0.3) is 16.7 Å². The molecule has 2 heterocycles. The number of carbonyl (C=O) groups excluding carboxylic acids is 1. The molecule has 0 atom stereocenters. The Morgan fingerprint density at radius 3 is 2.49 bits per heavy atom. The molecule has 0 aliphatic rings. The lowest BCUT2D eigenvalue weighted by Gasteiger charge is -2.11. The summed E-state index contributed by atoms with van der Waals surface area (Å²) < 4.78 is 17.5. The lowest BCUT2D eigenvalue weighted by Crippen LogP contribution is -2.12. The van der Waals surface area contributed by atoms with Gasteiger partial charge in [0.25, 0.3) is 5.91 Å². The van der Waals surface area contributed by atoms with E-state index in [0.29, 0.717) is 11.5 Å². The maximum absolute atomic E-state index is 13.4. The molecule has 176 valence electrons. The van der Waals surface area contributed by atoms with Gasteiger partial charge in [0.05, 0.1) is 11.0 Å². The molecule has 1 N–H and O–H groups in total. The second kappa shape index (κ2) is 9.18. The average Bonchev–Trinajstić information content (AvgIpc) is 3.44. The number of hydrogen-bond donors (Lipinski definition) is 1. The van der Waals surface area contributed by atoms with Gasteiger partial charge in [-0.15, -0.1) is 0 Å². The second-order valence-corrected chi connectivity index (χ2v) is 8.89. The third-order valence-corrected chi connectivity index (χ3v) is 6.00. The van der Waals surface area contributed by atoms with Gasteiger partial charge in [0.15, 0.2) is 0 Å². The van der Waals surface area contributed by atoms with Gasteiger partial charge in [-0.2, -0.15) is 0 Å². The third kappa shape index (κ3) is 4.57. The highest BCUT2D eigenvalue weighted by Crippen LogP contribution is 2.23. The van der Waals surface area contributed by atoms with E-state index in [4.69, 9.17) is 0 Å². The minimum Gasteiger partial charge on any atom is -0.330 e. The Hall–Kier alpha value is -4.26. The van der Waals surface area contributed by atoms with Gasteiger partial charge in [-0.1, -0.05) is 26.0 Å². The first-order chi connectivity index (χ1) is 16.9. The number of halogens is 1. The summed E-state index contributed by atoms with van der Waals surface area (Å²) in [4.78, 5) is 22.0. The van der Waals surface area contributed by atoms with E-state index < -0.39 is 0 Å². The predicted octanol–water partition coefficient (Wildman–Crippen LogP) is 6.09. The lowest BCUT2D eigenvalue weighted by molar-refractivity contribution is 0.102. The summed E-state index contributed by atoms with van der Waals surface area (Å²) in [5.41, 5.74) is 4.72.